The highest BCUT2D eigenvalue weighted by atomic mass is 16.2. The first-order valence-corrected chi connectivity index (χ1v) is 10.4. The molecule has 0 radical (unpaired) electrons. The molecule has 148 valence electrons. The molecule has 2 aliphatic rings. The third kappa shape index (κ3) is 3.36. The summed E-state index contributed by atoms with van der Waals surface area (Å²) in [6, 6.07) is 16.3. The van der Waals surface area contributed by atoms with Crippen LogP contribution in [0.1, 0.15) is 27.9 Å². The van der Waals surface area contributed by atoms with Gasteiger partial charge in [-0.15, -0.1) is 0 Å². The average Bonchev–Trinajstić information content (AvgIpc) is 2.77. The number of carbonyl (C=O) groups excluding carboxylic acids is 1. The van der Waals surface area contributed by atoms with Gasteiger partial charge in [0.1, 0.15) is 5.56 Å². The third-order valence-electron chi connectivity index (χ3n) is 6.17. The molecule has 0 spiro atoms. The molecule has 0 aliphatic carbocycles. The van der Waals surface area contributed by atoms with E-state index >= 15 is 0 Å². The monoisotopic (exact) mass is 387 g/mol. The lowest BCUT2D eigenvalue weighted by molar-refractivity contribution is 0.0626. The normalized spacial score (nSPS) is 16.9. The Morgan fingerprint density at radius 3 is 2.48 bits per heavy atom. The zero-order chi connectivity index (χ0) is 19.8. The van der Waals surface area contributed by atoms with Crippen molar-refractivity contribution < 1.29 is 4.79 Å². The number of para-hydroxylation sites is 1. The number of carbonyl (C=O) groups is 1. The van der Waals surface area contributed by atoms with Gasteiger partial charge in [-0.25, -0.2) is 0 Å². The van der Waals surface area contributed by atoms with E-state index in [2.05, 4.69) is 39.8 Å². The minimum absolute atomic E-state index is 0.128. The van der Waals surface area contributed by atoms with Gasteiger partial charge in [0.05, 0.1) is 5.52 Å². The van der Waals surface area contributed by atoms with Crippen LogP contribution in [0, 0.1) is 0 Å². The molecule has 3 heterocycles. The predicted molar refractivity (Wildman–Crippen MR) is 114 cm³/mol. The summed E-state index contributed by atoms with van der Waals surface area (Å²) < 4.78 is 2.11. The van der Waals surface area contributed by atoms with Crippen LogP contribution in [0.15, 0.2) is 59.5 Å². The van der Waals surface area contributed by atoms with Gasteiger partial charge in [-0.3, -0.25) is 14.5 Å². The van der Waals surface area contributed by atoms with Crippen LogP contribution in [0.25, 0.3) is 10.9 Å². The summed E-state index contributed by atoms with van der Waals surface area (Å²) in [6.45, 7) is 4.72. The van der Waals surface area contributed by atoms with Crippen molar-refractivity contribution >= 4 is 16.8 Å². The maximum Gasteiger partial charge on any atom is 0.259 e. The van der Waals surface area contributed by atoms with Gasteiger partial charge in [-0.05, 0) is 30.0 Å². The van der Waals surface area contributed by atoms with Crippen molar-refractivity contribution in [3.05, 3.63) is 81.6 Å². The van der Waals surface area contributed by atoms with Gasteiger partial charge in [0.2, 0.25) is 5.43 Å². The van der Waals surface area contributed by atoms with Gasteiger partial charge in [-0.1, -0.05) is 42.5 Å². The van der Waals surface area contributed by atoms with E-state index in [4.69, 9.17) is 0 Å². The molecule has 0 atom stereocenters. The fraction of sp³-hybridized carbons (Fsp3) is 0.333. The molecule has 5 rings (SSSR count). The van der Waals surface area contributed by atoms with Crippen molar-refractivity contribution in [1.29, 1.82) is 0 Å². The fourth-order valence-electron chi connectivity index (χ4n) is 4.63. The number of pyridine rings is 1. The van der Waals surface area contributed by atoms with Gasteiger partial charge in [-0.2, -0.15) is 0 Å². The molecule has 0 saturated carbocycles. The molecule has 0 bridgehead atoms. The van der Waals surface area contributed by atoms with Crippen molar-refractivity contribution in [2.45, 2.75) is 25.9 Å². The Morgan fingerprint density at radius 1 is 0.897 bits per heavy atom. The first-order valence-electron chi connectivity index (χ1n) is 10.4. The van der Waals surface area contributed by atoms with Crippen LogP contribution in [0.2, 0.25) is 0 Å². The van der Waals surface area contributed by atoms with E-state index in [-0.39, 0.29) is 11.3 Å². The summed E-state index contributed by atoms with van der Waals surface area (Å²) in [5.74, 6) is -0.129. The number of hydrogen-bond donors (Lipinski definition) is 0. The Bertz CT molecular complexity index is 1110. The van der Waals surface area contributed by atoms with Gasteiger partial charge in [0.25, 0.3) is 5.91 Å². The standard InChI is InChI=1S/C24H25N3O2/c28-23-20-10-4-8-19-9-5-11-27(22(19)20)17-21(23)24(29)26-14-12-25(13-15-26)16-18-6-2-1-3-7-18/h1-4,6-8,10,17H,5,9,11-16H2. The van der Waals surface area contributed by atoms with E-state index in [0.29, 0.717) is 24.0 Å². The summed E-state index contributed by atoms with van der Waals surface area (Å²) >= 11 is 0. The quantitative estimate of drug-likeness (QED) is 0.694. The van der Waals surface area contributed by atoms with E-state index in [1.54, 1.807) is 6.20 Å². The third-order valence-corrected chi connectivity index (χ3v) is 6.17. The second-order valence-corrected chi connectivity index (χ2v) is 8.04. The van der Waals surface area contributed by atoms with Gasteiger partial charge < -0.3 is 9.47 Å². The maximum atomic E-state index is 13.2. The van der Waals surface area contributed by atoms with Crippen LogP contribution in [-0.4, -0.2) is 46.5 Å². The fourth-order valence-corrected chi connectivity index (χ4v) is 4.63. The van der Waals surface area contributed by atoms with Gasteiger partial charge in [0, 0.05) is 50.9 Å². The molecule has 29 heavy (non-hydrogen) atoms. The zero-order valence-corrected chi connectivity index (χ0v) is 16.5. The molecule has 1 amide bonds. The molecule has 0 unspecified atom stereocenters. The van der Waals surface area contributed by atoms with E-state index in [1.165, 1.54) is 11.1 Å². The van der Waals surface area contributed by atoms with E-state index in [1.807, 2.05) is 23.1 Å². The lowest BCUT2D eigenvalue weighted by Gasteiger charge is -2.35. The Morgan fingerprint density at radius 2 is 1.69 bits per heavy atom. The van der Waals surface area contributed by atoms with Crippen LogP contribution in [0.3, 0.4) is 0 Å². The molecule has 5 nitrogen and oxygen atoms in total. The van der Waals surface area contributed by atoms with E-state index in [9.17, 15) is 9.59 Å². The Labute approximate surface area is 170 Å². The van der Waals surface area contributed by atoms with Crippen molar-refractivity contribution in [3.8, 4) is 0 Å². The Balaban J connectivity index is 1.36. The molecular formula is C24H25N3O2. The highest BCUT2D eigenvalue weighted by molar-refractivity contribution is 5.98. The molecule has 1 saturated heterocycles. The van der Waals surface area contributed by atoms with Crippen LogP contribution in [0.5, 0.6) is 0 Å². The average molecular weight is 387 g/mol. The van der Waals surface area contributed by atoms with Crippen LogP contribution in [-0.2, 0) is 19.5 Å². The molecule has 2 aromatic carbocycles. The minimum Gasteiger partial charge on any atom is -0.346 e. The van der Waals surface area contributed by atoms with Gasteiger partial charge in [0.15, 0.2) is 0 Å². The summed E-state index contributed by atoms with van der Waals surface area (Å²) in [6.07, 6.45) is 3.83. The first-order chi connectivity index (χ1) is 14.2. The SMILES string of the molecule is O=C(c1cn2c3c(cccc3c1=O)CCC2)N1CCN(Cc2ccccc2)CC1. The largest absolute Gasteiger partial charge is 0.346 e. The van der Waals surface area contributed by atoms with Crippen LogP contribution < -0.4 is 5.43 Å². The molecule has 0 N–H and O–H groups in total. The number of piperazine rings is 1. The molecular weight excluding hydrogens is 362 g/mol. The van der Waals surface area contributed by atoms with E-state index in [0.717, 1.165) is 44.5 Å². The van der Waals surface area contributed by atoms with Crippen LogP contribution in [0.4, 0.5) is 0 Å². The summed E-state index contributed by atoms with van der Waals surface area (Å²) in [4.78, 5) is 30.5. The summed E-state index contributed by atoms with van der Waals surface area (Å²) in [5, 5.41) is 0.677. The lowest BCUT2D eigenvalue weighted by Crippen LogP contribution is -2.49. The smallest absolute Gasteiger partial charge is 0.259 e. The number of hydrogen-bond acceptors (Lipinski definition) is 3. The van der Waals surface area contributed by atoms with E-state index < -0.39 is 0 Å². The highest BCUT2D eigenvalue weighted by Gasteiger charge is 2.26. The van der Waals surface area contributed by atoms with Crippen molar-refractivity contribution in [3.63, 3.8) is 0 Å². The number of nitrogens with zero attached hydrogens (tertiary/aromatic N) is 3. The molecule has 1 fully saturated rings. The topological polar surface area (TPSA) is 45.6 Å². The van der Waals surface area contributed by atoms with Crippen molar-refractivity contribution in [1.82, 2.24) is 14.4 Å². The van der Waals surface area contributed by atoms with Crippen molar-refractivity contribution in [2.24, 2.45) is 0 Å². The second-order valence-electron chi connectivity index (χ2n) is 8.04. The first kappa shape index (κ1) is 18.1. The maximum absolute atomic E-state index is 13.2. The molecule has 2 aliphatic heterocycles. The second kappa shape index (κ2) is 7.48. The zero-order valence-electron chi connectivity index (χ0n) is 16.5. The predicted octanol–water partition coefficient (Wildman–Crippen LogP) is 2.91. The molecule has 5 heteroatoms. The molecule has 1 aromatic heterocycles. The minimum atomic E-state index is -0.129. The lowest BCUT2D eigenvalue weighted by atomic mass is 9.99. The van der Waals surface area contributed by atoms with Crippen LogP contribution >= 0.6 is 0 Å². The summed E-state index contributed by atoms with van der Waals surface area (Å²) in [7, 11) is 0. The number of benzene rings is 2. The number of aromatic nitrogens is 1. The highest BCUT2D eigenvalue weighted by Crippen LogP contribution is 2.24. The number of amides is 1. The van der Waals surface area contributed by atoms with Crippen molar-refractivity contribution in [2.75, 3.05) is 26.2 Å². The van der Waals surface area contributed by atoms with Gasteiger partial charge >= 0.3 is 0 Å². The number of rotatable bonds is 3. The Hall–Kier alpha value is -2.92. The summed E-state index contributed by atoms with van der Waals surface area (Å²) in [5.41, 5.74) is 3.69. The molecule has 3 aromatic rings. The number of aryl methyl sites for hydroxylation is 2. The Kier molecular flexibility index (Phi) is 4.68.